The van der Waals surface area contributed by atoms with Crippen molar-refractivity contribution in [2.75, 3.05) is 11.9 Å². The van der Waals surface area contributed by atoms with Crippen molar-refractivity contribution >= 4 is 28.8 Å². The van der Waals surface area contributed by atoms with Crippen LogP contribution in [0.1, 0.15) is 19.0 Å². The van der Waals surface area contributed by atoms with Gasteiger partial charge in [-0.1, -0.05) is 18.5 Å². The van der Waals surface area contributed by atoms with Crippen LogP contribution in [-0.2, 0) is 0 Å². The molecule has 2 aromatic rings. The summed E-state index contributed by atoms with van der Waals surface area (Å²) in [6.45, 7) is 5.01. The molecule has 0 aliphatic rings. The van der Waals surface area contributed by atoms with Crippen molar-refractivity contribution in [1.82, 2.24) is 9.97 Å². The lowest BCUT2D eigenvalue weighted by Gasteiger charge is -2.06. The Balaban J connectivity index is 2.31. The zero-order chi connectivity index (χ0) is 12.3. The fourth-order valence-corrected chi connectivity index (χ4v) is 2.46. The van der Waals surface area contributed by atoms with Gasteiger partial charge in [-0.25, -0.2) is 9.97 Å². The summed E-state index contributed by atoms with van der Waals surface area (Å²) in [4.78, 5) is 9.91. The maximum Gasteiger partial charge on any atom is 0.171 e. The number of aromatic nitrogens is 2. The molecule has 0 fully saturated rings. The molecule has 3 nitrogen and oxygen atoms in total. The van der Waals surface area contributed by atoms with Crippen molar-refractivity contribution in [3.05, 3.63) is 28.2 Å². The molecule has 0 unspecified atom stereocenters. The highest BCUT2D eigenvalue weighted by molar-refractivity contribution is 7.14. The van der Waals surface area contributed by atoms with Gasteiger partial charge in [-0.2, -0.15) is 0 Å². The van der Waals surface area contributed by atoms with E-state index in [2.05, 4.69) is 22.2 Å². The lowest BCUT2D eigenvalue weighted by molar-refractivity contribution is 0.963. The molecule has 17 heavy (non-hydrogen) atoms. The minimum absolute atomic E-state index is 0.734. The SMILES string of the molecule is CCCNc1cc(C)nc(-c2cc(Cl)cs2)n1. The van der Waals surface area contributed by atoms with Crippen LogP contribution in [0.3, 0.4) is 0 Å². The molecule has 0 bridgehead atoms. The maximum atomic E-state index is 5.91. The second-order valence-corrected chi connectivity index (χ2v) is 5.12. The lowest BCUT2D eigenvalue weighted by Crippen LogP contribution is -2.04. The Morgan fingerprint density at radius 1 is 1.35 bits per heavy atom. The maximum absolute atomic E-state index is 5.91. The van der Waals surface area contributed by atoms with Crippen LogP contribution in [0.25, 0.3) is 10.7 Å². The summed E-state index contributed by atoms with van der Waals surface area (Å²) < 4.78 is 0. The first-order valence-corrected chi connectivity index (χ1v) is 6.78. The second kappa shape index (κ2) is 5.47. The number of aryl methyl sites for hydroxylation is 1. The highest BCUT2D eigenvalue weighted by atomic mass is 35.5. The quantitative estimate of drug-likeness (QED) is 0.910. The van der Waals surface area contributed by atoms with Gasteiger partial charge in [0, 0.05) is 23.7 Å². The van der Waals surface area contributed by atoms with Crippen molar-refractivity contribution in [3.8, 4) is 10.7 Å². The smallest absolute Gasteiger partial charge is 0.171 e. The first-order valence-electron chi connectivity index (χ1n) is 5.53. The number of nitrogens with zero attached hydrogens (tertiary/aromatic N) is 2. The first-order chi connectivity index (χ1) is 8.19. The number of nitrogens with one attached hydrogen (secondary N) is 1. The van der Waals surface area contributed by atoms with Gasteiger partial charge in [-0.05, 0) is 19.4 Å². The normalized spacial score (nSPS) is 10.5. The molecule has 2 rings (SSSR count). The Morgan fingerprint density at radius 2 is 2.18 bits per heavy atom. The minimum Gasteiger partial charge on any atom is -0.370 e. The van der Waals surface area contributed by atoms with E-state index in [-0.39, 0.29) is 0 Å². The van der Waals surface area contributed by atoms with E-state index in [0.29, 0.717) is 0 Å². The summed E-state index contributed by atoms with van der Waals surface area (Å²) >= 11 is 7.47. The predicted octanol–water partition coefficient (Wildman–Crippen LogP) is 3.99. The molecular weight excluding hydrogens is 254 g/mol. The van der Waals surface area contributed by atoms with Crippen LogP contribution in [0.4, 0.5) is 5.82 Å². The summed E-state index contributed by atoms with van der Waals surface area (Å²) in [5, 5.41) is 5.90. The zero-order valence-corrected chi connectivity index (χ0v) is 11.4. The van der Waals surface area contributed by atoms with E-state index >= 15 is 0 Å². The van der Waals surface area contributed by atoms with E-state index in [1.165, 1.54) is 0 Å². The monoisotopic (exact) mass is 267 g/mol. The van der Waals surface area contributed by atoms with Gasteiger partial charge in [0.25, 0.3) is 0 Å². The third kappa shape index (κ3) is 3.17. The molecule has 5 heteroatoms. The summed E-state index contributed by atoms with van der Waals surface area (Å²) in [7, 11) is 0. The van der Waals surface area contributed by atoms with Crippen molar-refractivity contribution in [2.24, 2.45) is 0 Å². The molecule has 90 valence electrons. The van der Waals surface area contributed by atoms with E-state index in [1.54, 1.807) is 11.3 Å². The Kier molecular flexibility index (Phi) is 3.97. The van der Waals surface area contributed by atoms with Gasteiger partial charge in [-0.3, -0.25) is 0 Å². The van der Waals surface area contributed by atoms with Crippen molar-refractivity contribution in [3.63, 3.8) is 0 Å². The van der Waals surface area contributed by atoms with Gasteiger partial charge in [0.15, 0.2) is 5.82 Å². The van der Waals surface area contributed by atoms with Crippen LogP contribution < -0.4 is 5.32 Å². The Bertz CT molecular complexity index is 510. The Morgan fingerprint density at radius 3 is 2.82 bits per heavy atom. The van der Waals surface area contributed by atoms with Crippen LogP contribution in [0.5, 0.6) is 0 Å². The van der Waals surface area contributed by atoms with E-state index in [4.69, 9.17) is 11.6 Å². The fraction of sp³-hybridized carbons (Fsp3) is 0.333. The number of anilines is 1. The zero-order valence-electron chi connectivity index (χ0n) is 9.83. The van der Waals surface area contributed by atoms with Crippen LogP contribution in [-0.4, -0.2) is 16.5 Å². The molecule has 1 N–H and O–H groups in total. The number of halogens is 1. The second-order valence-electron chi connectivity index (χ2n) is 3.77. The number of hydrogen-bond donors (Lipinski definition) is 1. The molecule has 0 radical (unpaired) electrons. The molecule has 0 aliphatic carbocycles. The van der Waals surface area contributed by atoms with E-state index < -0.39 is 0 Å². The highest BCUT2D eigenvalue weighted by Gasteiger charge is 2.07. The molecule has 2 heterocycles. The number of thiophene rings is 1. The summed E-state index contributed by atoms with van der Waals surface area (Å²) in [6, 6.07) is 3.85. The van der Waals surface area contributed by atoms with Gasteiger partial charge >= 0.3 is 0 Å². The van der Waals surface area contributed by atoms with Gasteiger partial charge in [0.05, 0.1) is 9.90 Å². The highest BCUT2D eigenvalue weighted by Crippen LogP contribution is 2.27. The lowest BCUT2D eigenvalue weighted by atomic mass is 10.3. The average molecular weight is 268 g/mol. The molecule has 0 aliphatic heterocycles. The standard InChI is InChI=1S/C12H14ClN3S/c1-3-4-14-11-5-8(2)15-12(16-11)10-6-9(13)7-17-10/h5-7H,3-4H2,1-2H3,(H,14,15,16). The molecular formula is C12H14ClN3S. The summed E-state index contributed by atoms with van der Waals surface area (Å²) in [5.41, 5.74) is 0.957. The summed E-state index contributed by atoms with van der Waals surface area (Å²) in [6.07, 6.45) is 1.07. The van der Waals surface area contributed by atoms with E-state index in [9.17, 15) is 0 Å². The first kappa shape index (κ1) is 12.3. The predicted molar refractivity (Wildman–Crippen MR) is 73.9 cm³/mol. The molecule has 0 saturated carbocycles. The summed E-state index contributed by atoms with van der Waals surface area (Å²) in [5.74, 6) is 1.61. The molecule has 0 amide bonds. The van der Waals surface area contributed by atoms with E-state index in [1.807, 2.05) is 24.4 Å². The molecule has 0 spiro atoms. The van der Waals surface area contributed by atoms with Crippen molar-refractivity contribution in [1.29, 1.82) is 0 Å². The number of hydrogen-bond acceptors (Lipinski definition) is 4. The van der Waals surface area contributed by atoms with Crippen molar-refractivity contribution in [2.45, 2.75) is 20.3 Å². The van der Waals surface area contributed by atoms with E-state index in [0.717, 1.165) is 40.2 Å². The van der Waals surface area contributed by atoms with Gasteiger partial charge < -0.3 is 5.32 Å². The molecule has 0 atom stereocenters. The molecule has 0 saturated heterocycles. The van der Waals surface area contributed by atoms with Gasteiger partial charge in [-0.15, -0.1) is 11.3 Å². The fourth-order valence-electron chi connectivity index (χ4n) is 1.45. The third-order valence-corrected chi connectivity index (χ3v) is 3.47. The molecule has 2 aromatic heterocycles. The van der Waals surface area contributed by atoms with Crippen molar-refractivity contribution < 1.29 is 0 Å². The van der Waals surface area contributed by atoms with Gasteiger partial charge in [0.1, 0.15) is 5.82 Å². The topological polar surface area (TPSA) is 37.8 Å². The van der Waals surface area contributed by atoms with Crippen LogP contribution in [0.15, 0.2) is 17.5 Å². The van der Waals surface area contributed by atoms with Crippen LogP contribution in [0.2, 0.25) is 5.02 Å². The van der Waals surface area contributed by atoms with Gasteiger partial charge in [0.2, 0.25) is 0 Å². The Labute approximate surface area is 110 Å². The van der Waals surface area contributed by atoms with Crippen LogP contribution in [0, 0.1) is 6.92 Å². The largest absolute Gasteiger partial charge is 0.370 e. The molecule has 0 aromatic carbocycles. The Hall–Kier alpha value is -1.13. The minimum atomic E-state index is 0.734. The average Bonchev–Trinajstić information content (AvgIpc) is 2.72. The third-order valence-electron chi connectivity index (χ3n) is 2.20. The van der Waals surface area contributed by atoms with Crippen LogP contribution >= 0.6 is 22.9 Å². The number of rotatable bonds is 4.